The highest BCUT2D eigenvalue weighted by molar-refractivity contribution is 5.94. The molecule has 0 spiro atoms. The van der Waals surface area contributed by atoms with Crippen molar-refractivity contribution < 1.29 is 27.2 Å². The number of nitrogens with zero attached hydrogens (tertiary/aromatic N) is 2. The normalized spacial score (nSPS) is 14.7. The number of piperidine rings is 1. The molecule has 0 aliphatic carbocycles. The van der Waals surface area contributed by atoms with Crippen molar-refractivity contribution in [2.75, 3.05) is 20.1 Å². The standard InChI is InChI=1S/C21H20F4N2O2/c1-26(12-13-2-5-17(23)19(25)10-13)20(28)14-6-8-27(9-7-14)21(29)16-4-3-15(22)11-18(16)24/h2-5,10-11,14H,6-9,12H2,1H3. The van der Waals surface area contributed by atoms with Gasteiger partial charge in [0.15, 0.2) is 11.6 Å². The van der Waals surface area contributed by atoms with Crippen LogP contribution in [0.5, 0.6) is 0 Å². The van der Waals surface area contributed by atoms with Gasteiger partial charge in [0.05, 0.1) is 5.56 Å². The fourth-order valence-corrected chi connectivity index (χ4v) is 3.46. The monoisotopic (exact) mass is 408 g/mol. The average molecular weight is 408 g/mol. The number of hydrogen-bond donors (Lipinski definition) is 0. The van der Waals surface area contributed by atoms with Crippen LogP contribution in [0, 0.1) is 29.2 Å². The molecule has 1 heterocycles. The van der Waals surface area contributed by atoms with E-state index in [1.807, 2.05) is 0 Å². The average Bonchev–Trinajstić information content (AvgIpc) is 2.70. The topological polar surface area (TPSA) is 40.6 Å². The van der Waals surface area contributed by atoms with Gasteiger partial charge in [-0.3, -0.25) is 9.59 Å². The quantitative estimate of drug-likeness (QED) is 0.723. The molecular formula is C21H20F4N2O2. The summed E-state index contributed by atoms with van der Waals surface area (Å²) >= 11 is 0. The molecule has 1 saturated heterocycles. The maximum Gasteiger partial charge on any atom is 0.256 e. The van der Waals surface area contributed by atoms with Crippen molar-refractivity contribution in [1.82, 2.24) is 9.80 Å². The first-order valence-corrected chi connectivity index (χ1v) is 9.19. The molecule has 8 heteroatoms. The summed E-state index contributed by atoms with van der Waals surface area (Å²) in [5, 5.41) is 0. The molecule has 0 atom stereocenters. The third-order valence-electron chi connectivity index (χ3n) is 5.07. The number of likely N-dealkylation sites (tertiary alicyclic amines) is 1. The van der Waals surface area contributed by atoms with Crippen molar-refractivity contribution >= 4 is 11.8 Å². The molecule has 1 aliphatic heterocycles. The maximum absolute atomic E-state index is 13.8. The number of amides is 2. The van der Waals surface area contributed by atoms with Gasteiger partial charge in [0.1, 0.15) is 11.6 Å². The first kappa shape index (κ1) is 20.8. The minimum absolute atomic E-state index is 0.135. The Morgan fingerprint density at radius 2 is 1.66 bits per heavy atom. The lowest BCUT2D eigenvalue weighted by Gasteiger charge is -2.33. The third-order valence-corrected chi connectivity index (χ3v) is 5.07. The van der Waals surface area contributed by atoms with Gasteiger partial charge < -0.3 is 9.80 Å². The number of carbonyl (C=O) groups excluding carboxylic acids is 2. The Bertz CT molecular complexity index is 927. The highest BCUT2D eigenvalue weighted by atomic mass is 19.2. The van der Waals surface area contributed by atoms with Gasteiger partial charge in [0.2, 0.25) is 5.91 Å². The smallest absolute Gasteiger partial charge is 0.256 e. The molecule has 154 valence electrons. The van der Waals surface area contributed by atoms with Crippen LogP contribution >= 0.6 is 0 Å². The molecule has 4 nitrogen and oxygen atoms in total. The fourth-order valence-electron chi connectivity index (χ4n) is 3.46. The van der Waals surface area contributed by atoms with Crippen LogP contribution in [0.4, 0.5) is 17.6 Å². The number of rotatable bonds is 4. The first-order chi connectivity index (χ1) is 13.8. The van der Waals surface area contributed by atoms with Crippen LogP contribution in [0.2, 0.25) is 0 Å². The zero-order valence-corrected chi connectivity index (χ0v) is 15.8. The second-order valence-electron chi connectivity index (χ2n) is 7.13. The van der Waals surface area contributed by atoms with E-state index in [0.717, 1.165) is 24.3 Å². The highest BCUT2D eigenvalue weighted by Gasteiger charge is 2.30. The summed E-state index contributed by atoms with van der Waals surface area (Å²) in [6, 6.07) is 6.29. The molecule has 0 radical (unpaired) electrons. The van der Waals surface area contributed by atoms with Crippen LogP contribution in [-0.4, -0.2) is 41.8 Å². The number of benzene rings is 2. The van der Waals surface area contributed by atoms with Crippen LogP contribution in [0.1, 0.15) is 28.8 Å². The minimum atomic E-state index is -0.969. The molecule has 2 aromatic rings. The van der Waals surface area contributed by atoms with Gasteiger partial charge in [0, 0.05) is 38.7 Å². The molecule has 0 bridgehead atoms. The number of carbonyl (C=O) groups is 2. The molecule has 2 amide bonds. The first-order valence-electron chi connectivity index (χ1n) is 9.19. The summed E-state index contributed by atoms with van der Waals surface area (Å²) in [7, 11) is 1.58. The van der Waals surface area contributed by atoms with Crippen LogP contribution in [0.15, 0.2) is 36.4 Å². The van der Waals surface area contributed by atoms with E-state index in [1.54, 1.807) is 7.05 Å². The molecule has 0 N–H and O–H groups in total. The molecule has 1 fully saturated rings. The van der Waals surface area contributed by atoms with Crippen molar-refractivity contribution in [3.05, 3.63) is 70.8 Å². The van der Waals surface area contributed by atoms with Crippen LogP contribution in [-0.2, 0) is 11.3 Å². The van der Waals surface area contributed by atoms with Gasteiger partial charge >= 0.3 is 0 Å². The zero-order chi connectivity index (χ0) is 21.1. The van der Waals surface area contributed by atoms with Gasteiger partial charge in [0.25, 0.3) is 5.91 Å². The van der Waals surface area contributed by atoms with E-state index in [0.29, 0.717) is 24.5 Å². The van der Waals surface area contributed by atoms with Crippen molar-refractivity contribution in [2.45, 2.75) is 19.4 Å². The van der Waals surface area contributed by atoms with Crippen LogP contribution < -0.4 is 0 Å². The predicted molar refractivity (Wildman–Crippen MR) is 97.8 cm³/mol. The summed E-state index contributed by atoms with van der Waals surface area (Å²) in [5.41, 5.74) is 0.269. The predicted octanol–water partition coefficient (Wildman–Crippen LogP) is 3.75. The second kappa shape index (κ2) is 8.63. The number of hydrogen-bond acceptors (Lipinski definition) is 2. The molecular weight excluding hydrogens is 388 g/mol. The van der Waals surface area contributed by atoms with E-state index in [2.05, 4.69) is 0 Å². The molecule has 0 saturated carbocycles. The summed E-state index contributed by atoms with van der Waals surface area (Å²) in [6.07, 6.45) is 0.797. The summed E-state index contributed by atoms with van der Waals surface area (Å²) in [5.74, 6) is -4.61. The molecule has 0 unspecified atom stereocenters. The molecule has 29 heavy (non-hydrogen) atoms. The lowest BCUT2D eigenvalue weighted by atomic mass is 9.94. The largest absolute Gasteiger partial charge is 0.341 e. The summed E-state index contributed by atoms with van der Waals surface area (Å²) in [6.45, 7) is 0.673. The highest BCUT2D eigenvalue weighted by Crippen LogP contribution is 2.23. The maximum atomic E-state index is 13.8. The zero-order valence-electron chi connectivity index (χ0n) is 15.8. The van der Waals surface area contributed by atoms with E-state index in [-0.39, 0.29) is 37.0 Å². The van der Waals surface area contributed by atoms with E-state index >= 15 is 0 Å². The third kappa shape index (κ3) is 4.75. The Labute approximate surface area is 165 Å². The van der Waals surface area contributed by atoms with Crippen molar-refractivity contribution in [3.8, 4) is 0 Å². The molecule has 0 aromatic heterocycles. The van der Waals surface area contributed by atoms with E-state index in [4.69, 9.17) is 0 Å². The second-order valence-corrected chi connectivity index (χ2v) is 7.13. The van der Waals surface area contributed by atoms with Crippen LogP contribution in [0.3, 0.4) is 0 Å². The number of halogens is 4. The molecule has 1 aliphatic rings. The van der Waals surface area contributed by atoms with E-state index in [1.165, 1.54) is 15.9 Å². The molecule has 3 rings (SSSR count). The summed E-state index contributed by atoms with van der Waals surface area (Å²) in [4.78, 5) is 28.0. The SMILES string of the molecule is CN(Cc1ccc(F)c(F)c1)C(=O)C1CCN(C(=O)c2ccc(F)cc2F)CC1. The Balaban J connectivity index is 1.57. The fraction of sp³-hybridized carbons (Fsp3) is 0.333. The van der Waals surface area contributed by atoms with Crippen molar-refractivity contribution in [3.63, 3.8) is 0 Å². The van der Waals surface area contributed by atoms with Crippen molar-refractivity contribution in [2.24, 2.45) is 5.92 Å². The van der Waals surface area contributed by atoms with Crippen molar-refractivity contribution in [1.29, 1.82) is 0 Å². The van der Waals surface area contributed by atoms with Gasteiger partial charge in [-0.05, 0) is 42.7 Å². The molecule has 2 aromatic carbocycles. The Morgan fingerprint density at radius 3 is 2.28 bits per heavy atom. The van der Waals surface area contributed by atoms with E-state index < -0.39 is 29.2 Å². The van der Waals surface area contributed by atoms with E-state index in [9.17, 15) is 27.2 Å². The Morgan fingerprint density at radius 1 is 0.966 bits per heavy atom. The van der Waals surface area contributed by atoms with Gasteiger partial charge in [-0.15, -0.1) is 0 Å². The Kier molecular flexibility index (Phi) is 6.20. The van der Waals surface area contributed by atoms with Crippen LogP contribution in [0.25, 0.3) is 0 Å². The van der Waals surface area contributed by atoms with Gasteiger partial charge in [-0.25, -0.2) is 17.6 Å². The minimum Gasteiger partial charge on any atom is -0.341 e. The lowest BCUT2D eigenvalue weighted by Crippen LogP contribution is -2.43. The van der Waals surface area contributed by atoms with Gasteiger partial charge in [-0.2, -0.15) is 0 Å². The van der Waals surface area contributed by atoms with Gasteiger partial charge in [-0.1, -0.05) is 6.07 Å². The summed E-state index contributed by atoms with van der Waals surface area (Å²) < 4.78 is 53.2. The lowest BCUT2D eigenvalue weighted by molar-refractivity contribution is -0.136. The Hall–Kier alpha value is -2.90.